The lowest BCUT2D eigenvalue weighted by Gasteiger charge is -2.40. The Hall–Kier alpha value is -1.20. The molecular formula is C27H42N2O5. The monoisotopic (exact) mass is 474 g/mol. The Kier molecular flexibility index (Phi) is 7.79. The van der Waals surface area contributed by atoms with Gasteiger partial charge < -0.3 is 24.6 Å². The molecule has 190 valence electrons. The van der Waals surface area contributed by atoms with Gasteiger partial charge in [0.1, 0.15) is 0 Å². The normalized spacial score (nSPS) is 43.1. The van der Waals surface area contributed by atoms with Crippen LogP contribution in [0.4, 0.5) is 0 Å². The third-order valence-electron chi connectivity index (χ3n) is 9.38. The van der Waals surface area contributed by atoms with E-state index in [9.17, 15) is 15.0 Å². The SMILES string of the molecule is N#CC1CC(OC2CCCC3CN(C(=O)C4C(O)CC(O)CC4OCC4CCCCC4)CC32)C1. The lowest BCUT2D eigenvalue weighted by Crippen LogP contribution is -2.52. The highest BCUT2D eigenvalue weighted by molar-refractivity contribution is 5.80. The minimum Gasteiger partial charge on any atom is -0.393 e. The summed E-state index contributed by atoms with van der Waals surface area (Å²) >= 11 is 0. The molecule has 4 aliphatic carbocycles. The fourth-order valence-electron chi connectivity index (χ4n) is 7.30. The summed E-state index contributed by atoms with van der Waals surface area (Å²) in [5.74, 6) is 0.860. The van der Waals surface area contributed by atoms with Gasteiger partial charge in [0.25, 0.3) is 0 Å². The van der Waals surface area contributed by atoms with Crippen LogP contribution in [0.1, 0.15) is 77.0 Å². The van der Waals surface area contributed by atoms with Crippen molar-refractivity contribution in [3.05, 3.63) is 0 Å². The Labute approximate surface area is 203 Å². The van der Waals surface area contributed by atoms with Crippen molar-refractivity contribution in [2.75, 3.05) is 19.7 Å². The van der Waals surface area contributed by atoms with Crippen molar-refractivity contribution in [2.24, 2.45) is 29.6 Å². The molecule has 7 unspecified atom stereocenters. The van der Waals surface area contributed by atoms with Crippen LogP contribution < -0.4 is 0 Å². The topological polar surface area (TPSA) is 103 Å². The van der Waals surface area contributed by atoms with Crippen LogP contribution in [0.5, 0.6) is 0 Å². The molecule has 1 aliphatic heterocycles. The molecular weight excluding hydrogens is 432 g/mol. The van der Waals surface area contributed by atoms with Crippen LogP contribution in [0.2, 0.25) is 0 Å². The summed E-state index contributed by atoms with van der Waals surface area (Å²) < 4.78 is 12.7. The third kappa shape index (κ3) is 5.31. The van der Waals surface area contributed by atoms with Crippen molar-refractivity contribution < 1.29 is 24.5 Å². The zero-order valence-electron chi connectivity index (χ0n) is 20.4. The van der Waals surface area contributed by atoms with Crippen LogP contribution in [0.25, 0.3) is 0 Å². The maximum atomic E-state index is 13.7. The molecule has 0 aromatic heterocycles. The number of fused-ring (bicyclic) bond motifs is 1. The van der Waals surface area contributed by atoms with Gasteiger partial charge in [0, 0.05) is 38.5 Å². The standard InChI is InChI=1S/C27H42N2O5/c28-13-18-9-21(10-18)34-24-8-4-7-19-14-29(15-22(19)24)27(32)26-23(31)11-20(30)12-25(26)33-16-17-5-2-1-3-6-17/h17-26,30-31H,1-12,14-16H2. The first-order valence-electron chi connectivity index (χ1n) is 13.8. The maximum absolute atomic E-state index is 13.7. The van der Waals surface area contributed by atoms with E-state index in [2.05, 4.69) is 6.07 Å². The summed E-state index contributed by atoms with van der Waals surface area (Å²) in [6.45, 7) is 2.04. The van der Waals surface area contributed by atoms with E-state index >= 15 is 0 Å². The first-order valence-corrected chi connectivity index (χ1v) is 13.8. The average Bonchev–Trinajstić information content (AvgIpc) is 3.25. The van der Waals surface area contributed by atoms with Crippen molar-refractivity contribution >= 4 is 5.91 Å². The summed E-state index contributed by atoms with van der Waals surface area (Å²) in [4.78, 5) is 15.7. The molecule has 7 nitrogen and oxygen atoms in total. The molecule has 0 bridgehead atoms. The number of hydrogen-bond acceptors (Lipinski definition) is 6. The summed E-state index contributed by atoms with van der Waals surface area (Å²) in [7, 11) is 0. The summed E-state index contributed by atoms with van der Waals surface area (Å²) in [5, 5.41) is 30.2. The van der Waals surface area contributed by atoms with Crippen molar-refractivity contribution in [1.82, 2.24) is 4.90 Å². The minimum atomic E-state index is -0.861. The molecule has 4 saturated carbocycles. The Morgan fingerprint density at radius 1 is 0.941 bits per heavy atom. The Bertz CT molecular complexity index is 744. The van der Waals surface area contributed by atoms with Crippen LogP contribution in [-0.2, 0) is 14.3 Å². The molecule has 1 amide bonds. The number of aliphatic hydroxyl groups excluding tert-OH is 2. The Morgan fingerprint density at radius 3 is 2.50 bits per heavy atom. The molecule has 0 aromatic carbocycles. The maximum Gasteiger partial charge on any atom is 0.230 e. The first-order chi connectivity index (χ1) is 16.5. The van der Waals surface area contributed by atoms with Crippen molar-refractivity contribution in [3.8, 4) is 6.07 Å². The number of rotatable bonds is 6. The lowest BCUT2D eigenvalue weighted by molar-refractivity contribution is -0.158. The number of ether oxygens (including phenoxy) is 2. The van der Waals surface area contributed by atoms with E-state index in [-0.39, 0.29) is 30.5 Å². The molecule has 7 atom stereocenters. The molecule has 1 saturated heterocycles. The van der Waals surface area contributed by atoms with Gasteiger partial charge in [-0.05, 0) is 50.4 Å². The minimum absolute atomic E-state index is 0.00520. The number of nitrogens with zero attached hydrogens (tertiary/aromatic N) is 2. The van der Waals surface area contributed by atoms with E-state index in [1.807, 2.05) is 4.90 Å². The zero-order chi connectivity index (χ0) is 23.7. The fourth-order valence-corrected chi connectivity index (χ4v) is 7.30. The van der Waals surface area contributed by atoms with E-state index in [1.54, 1.807) is 0 Å². The Morgan fingerprint density at radius 2 is 1.74 bits per heavy atom. The highest BCUT2D eigenvalue weighted by atomic mass is 16.5. The number of carbonyl (C=O) groups excluding carboxylic acids is 1. The highest BCUT2D eigenvalue weighted by Crippen LogP contribution is 2.42. The molecule has 5 aliphatic rings. The van der Waals surface area contributed by atoms with Crippen molar-refractivity contribution in [2.45, 2.75) is 108 Å². The second kappa shape index (κ2) is 10.8. The number of likely N-dealkylation sites (tertiary alicyclic amines) is 1. The number of aliphatic hydroxyl groups is 2. The lowest BCUT2D eigenvalue weighted by atomic mass is 9.78. The second-order valence-electron chi connectivity index (χ2n) is 11.8. The predicted octanol–water partition coefficient (Wildman–Crippen LogP) is 3.03. The molecule has 0 radical (unpaired) electrons. The van der Waals surface area contributed by atoms with Gasteiger partial charge in [0.05, 0.1) is 48.4 Å². The first kappa shape index (κ1) is 24.5. The van der Waals surface area contributed by atoms with Gasteiger partial charge in [0.2, 0.25) is 5.91 Å². The van der Waals surface area contributed by atoms with Crippen molar-refractivity contribution in [1.29, 1.82) is 5.26 Å². The molecule has 0 aromatic rings. The fraction of sp³-hybridized carbons (Fsp3) is 0.926. The predicted molar refractivity (Wildman–Crippen MR) is 125 cm³/mol. The van der Waals surface area contributed by atoms with E-state index in [4.69, 9.17) is 14.7 Å². The number of carbonyl (C=O) groups is 1. The molecule has 2 N–H and O–H groups in total. The van der Waals surface area contributed by atoms with Gasteiger partial charge in [-0.2, -0.15) is 5.26 Å². The molecule has 0 spiro atoms. The average molecular weight is 475 g/mol. The highest BCUT2D eigenvalue weighted by Gasteiger charge is 2.49. The molecule has 7 heteroatoms. The van der Waals surface area contributed by atoms with E-state index in [0.29, 0.717) is 37.3 Å². The zero-order valence-corrected chi connectivity index (χ0v) is 20.4. The number of hydrogen-bond donors (Lipinski definition) is 2. The summed E-state index contributed by atoms with van der Waals surface area (Å²) in [6.07, 6.45) is 10.2. The van der Waals surface area contributed by atoms with Gasteiger partial charge in [-0.15, -0.1) is 0 Å². The van der Waals surface area contributed by atoms with Gasteiger partial charge in [-0.3, -0.25) is 4.79 Å². The molecule has 5 fully saturated rings. The molecule has 34 heavy (non-hydrogen) atoms. The van der Waals surface area contributed by atoms with Crippen LogP contribution >= 0.6 is 0 Å². The summed E-state index contributed by atoms with van der Waals surface area (Å²) in [5.41, 5.74) is 0. The van der Waals surface area contributed by atoms with Crippen LogP contribution in [0.3, 0.4) is 0 Å². The number of amides is 1. The second-order valence-corrected chi connectivity index (χ2v) is 11.8. The van der Waals surface area contributed by atoms with Gasteiger partial charge in [-0.1, -0.05) is 25.7 Å². The van der Waals surface area contributed by atoms with Crippen LogP contribution in [-0.4, -0.2) is 71.2 Å². The van der Waals surface area contributed by atoms with Gasteiger partial charge in [0.15, 0.2) is 0 Å². The van der Waals surface area contributed by atoms with Gasteiger partial charge >= 0.3 is 0 Å². The van der Waals surface area contributed by atoms with E-state index < -0.39 is 24.2 Å². The summed E-state index contributed by atoms with van der Waals surface area (Å²) in [6, 6.07) is 2.33. The molecule has 5 rings (SSSR count). The number of nitriles is 1. The largest absolute Gasteiger partial charge is 0.393 e. The quantitative estimate of drug-likeness (QED) is 0.613. The Balaban J connectivity index is 1.20. The molecule has 1 heterocycles. The van der Waals surface area contributed by atoms with Crippen molar-refractivity contribution in [3.63, 3.8) is 0 Å². The third-order valence-corrected chi connectivity index (χ3v) is 9.38. The smallest absolute Gasteiger partial charge is 0.230 e. The van der Waals surface area contributed by atoms with E-state index in [1.165, 1.54) is 32.1 Å². The van der Waals surface area contributed by atoms with Crippen LogP contribution in [0, 0.1) is 40.9 Å². The van der Waals surface area contributed by atoms with Gasteiger partial charge in [-0.25, -0.2) is 0 Å². The van der Waals surface area contributed by atoms with E-state index in [0.717, 1.165) is 38.6 Å². The van der Waals surface area contributed by atoms with Crippen LogP contribution in [0.15, 0.2) is 0 Å².